The predicted molar refractivity (Wildman–Crippen MR) is 83.0 cm³/mol. The highest BCUT2D eigenvalue weighted by atomic mass is 32.1. The van der Waals surface area contributed by atoms with Gasteiger partial charge in [0, 0.05) is 42.8 Å². The minimum absolute atomic E-state index is 0.496. The molecule has 4 nitrogen and oxygen atoms in total. The smallest absolute Gasteiger partial charge is 0.185 e. The molecule has 2 rings (SSSR count). The summed E-state index contributed by atoms with van der Waals surface area (Å²) < 4.78 is 0. The van der Waals surface area contributed by atoms with Crippen LogP contribution in [0.2, 0.25) is 0 Å². The Balaban J connectivity index is 1.93. The number of rotatable bonds is 8. The van der Waals surface area contributed by atoms with Crippen LogP contribution in [-0.4, -0.2) is 49.2 Å². The lowest BCUT2D eigenvalue weighted by Crippen LogP contribution is -2.40. The summed E-state index contributed by atoms with van der Waals surface area (Å²) >= 11 is 1.82. The van der Waals surface area contributed by atoms with E-state index in [-0.39, 0.29) is 0 Å². The van der Waals surface area contributed by atoms with Gasteiger partial charge in [-0.2, -0.15) is 0 Å². The van der Waals surface area contributed by atoms with Gasteiger partial charge in [-0.3, -0.25) is 0 Å². The summed E-state index contributed by atoms with van der Waals surface area (Å²) in [6.07, 6.45) is 4.71. The number of likely N-dealkylation sites (N-methyl/N-ethyl adjacent to an activating group) is 2. The lowest BCUT2D eigenvalue weighted by atomic mass is 10.3. The number of thiazole rings is 1. The van der Waals surface area contributed by atoms with Crippen molar-refractivity contribution < 1.29 is 0 Å². The fraction of sp³-hybridized carbons (Fsp3) is 0.786. The SMILES string of the molecule is CCN(c1ncc(CNC2CC2)s1)C(C)CN(C)C. The topological polar surface area (TPSA) is 31.4 Å². The Morgan fingerprint density at radius 3 is 2.79 bits per heavy atom. The van der Waals surface area contributed by atoms with Crippen LogP contribution in [0.4, 0.5) is 5.13 Å². The highest BCUT2D eigenvalue weighted by molar-refractivity contribution is 7.15. The van der Waals surface area contributed by atoms with Crippen LogP contribution in [0.5, 0.6) is 0 Å². The second-order valence-corrected chi connectivity index (χ2v) is 6.76. The molecule has 1 fully saturated rings. The summed E-state index contributed by atoms with van der Waals surface area (Å²) in [7, 11) is 4.24. The lowest BCUT2D eigenvalue weighted by Gasteiger charge is -2.29. The fourth-order valence-corrected chi connectivity index (χ4v) is 3.33. The molecule has 1 aliphatic carbocycles. The first kappa shape index (κ1) is 14.8. The van der Waals surface area contributed by atoms with Crippen molar-refractivity contribution in [2.24, 2.45) is 0 Å². The van der Waals surface area contributed by atoms with Crippen molar-refractivity contribution in [3.8, 4) is 0 Å². The average molecular weight is 282 g/mol. The molecule has 1 heterocycles. The average Bonchev–Trinajstić information content (AvgIpc) is 3.06. The normalized spacial score (nSPS) is 16.9. The molecule has 0 aromatic carbocycles. The third-order valence-corrected chi connectivity index (χ3v) is 4.47. The van der Waals surface area contributed by atoms with E-state index in [1.54, 1.807) is 0 Å². The number of nitrogens with zero attached hydrogens (tertiary/aromatic N) is 3. The lowest BCUT2D eigenvalue weighted by molar-refractivity contribution is 0.373. The van der Waals surface area contributed by atoms with Crippen LogP contribution in [0, 0.1) is 0 Å². The first-order valence-electron chi connectivity index (χ1n) is 7.19. The number of nitrogens with one attached hydrogen (secondary N) is 1. The monoisotopic (exact) mass is 282 g/mol. The third-order valence-electron chi connectivity index (χ3n) is 3.43. The maximum Gasteiger partial charge on any atom is 0.185 e. The Labute approximate surface area is 120 Å². The molecule has 1 unspecified atom stereocenters. The molecular weight excluding hydrogens is 256 g/mol. The molecule has 1 aliphatic rings. The van der Waals surface area contributed by atoms with E-state index in [0.717, 1.165) is 30.8 Å². The zero-order chi connectivity index (χ0) is 13.8. The van der Waals surface area contributed by atoms with E-state index in [0.29, 0.717) is 6.04 Å². The minimum Gasteiger partial charge on any atom is -0.344 e. The van der Waals surface area contributed by atoms with Crippen LogP contribution in [0.1, 0.15) is 31.6 Å². The van der Waals surface area contributed by atoms with Gasteiger partial charge in [0.15, 0.2) is 5.13 Å². The van der Waals surface area contributed by atoms with Crippen LogP contribution < -0.4 is 10.2 Å². The van der Waals surface area contributed by atoms with E-state index in [9.17, 15) is 0 Å². The van der Waals surface area contributed by atoms with Gasteiger partial charge in [-0.15, -0.1) is 11.3 Å². The van der Waals surface area contributed by atoms with Gasteiger partial charge in [0.05, 0.1) is 0 Å². The van der Waals surface area contributed by atoms with Gasteiger partial charge in [-0.1, -0.05) is 0 Å². The van der Waals surface area contributed by atoms with Crippen molar-refractivity contribution in [3.63, 3.8) is 0 Å². The molecule has 0 aliphatic heterocycles. The number of anilines is 1. The molecule has 1 aromatic heterocycles. The molecule has 0 spiro atoms. The van der Waals surface area contributed by atoms with Gasteiger partial charge < -0.3 is 15.1 Å². The van der Waals surface area contributed by atoms with Gasteiger partial charge in [0.1, 0.15) is 0 Å². The van der Waals surface area contributed by atoms with Crippen molar-refractivity contribution in [2.45, 2.75) is 45.3 Å². The number of hydrogen-bond donors (Lipinski definition) is 1. The first-order chi connectivity index (χ1) is 9.10. The van der Waals surface area contributed by atoms with E-state index < -0.39 is 0 Å². The summed E-state index contributed by atoms with van der Waals surface area (Å²) in [6, 6.07) is 1.26. The molecule has 1 N–H and O–H groups in total. The second-order valence-electron chi connectivity index (χ2n) is 5.66. The zero-order valence-electron chi connectivity index (χ0n) is 12.5. The number of hydrogen-bond acceptors (Lipinski definition) is 5. The fourth-order valence-electron chi connectivity index (χ4n) is 2.31. The Morgan fingerprint density at radius 1 is 1.47 bits per heavy atom. The first-order valence-corrected chi connectivity index (χ1v) is 8.01. The predicted octanol–water partition coefficient (Wildman–Crippen LogP) is 2.17. The van der Waals surface area contributed by atoms with Gasteiger partial charge in [0.25, 0.3) is 0 Å². The minimum atomic E-state index is 0.496. The summed E-state index contributed by atoms with van der Waals surface area (Å²) in [6.45, 7) is 7.52. The van der Waals surface area contributed by atoms with Crippen molar-refractivity contribution in [1.82, 2.24) is 15.2 Å². The molecule has 5 heteroatoms. The Hall–Kier alpha value is -0.650. The zero-order valence-corrected chi connectivity index (χ0v) is 13.3. The van der Waals surface area contributed by atoms with Crippen molar-refractivity contribution in [1.29, 1.82) is 0 Å². The quantitative estimate of drug-likeness (QED) is 0.792. The molecular formula is C14H26N4S. The van der Waals surface area contributed by atoms with Crippen LogP contribution >= 0.6 is 11.3 Å². The summed E-state index contributed by atoms with van der Waals surface area (Å²) in [4.78, 5) is 10.6. The Bertz CT molecular complexity index is 387. The number of aromatic nitrogens is 1. The van der Waals surface area contributed by atoms with Crippen LogP contribution in [0.3, 0.4) is 0 Å². The largest absolute Gasteiger partial charge is 0.344 e. The van der Waals surface area contributed by atoms with Gasteiger partial charge in [-0.25, -0.2) is 4.98 Å². The molecule has 1 saturated carbocycles. The van der Waals surface area contributed by atoms with Gasteiger partial charge >= 0.3 is 0 Å². The molecule has 0 amide bonds. The molecule has 0 saturated heterocycles. The summed E-state index contributed by atoms with van der Waals surface area (Å²) in [5, 5.41) is 4.71. The maximum absolute atomic E-state index is 4.60. The molecule has 108 valence electrons. The molecule has 0 bridgehead atoms. The highest BCUT2D eigenvalue weighted by Crippen LogP contribution is 2.25. The molecule has 19 heavy (non-hydrogen) atoms. The molecule has 1 atom stereocenters. The molecule has 0 radical (unpaired) electrons. The van der Waals surface area contributed by atoms with E-state index in [1.165, 1.54) is 17.7 Å². The van der Waals surface area contributed by atoms with E-state index in [4.69, 9.17) is 0 Å². The van der Waals surface area contributed by atoms with Crippen molar-refractivity contribution >= 4 is 16.5 Å². The van der Waals surface area contributed by atoms with E-state index >= 15 is 0 Å². The maximum atomic E-state index is 4.60. The van der Waals surface area contributed by atoms with Gasteiger partial charge in [0.2, 0.25) is 0 Å². The van der Waals surface area contributed by atoms with Crippen molar-refractivity contribution in [3.05, 3.63) is 11.1 Å². The Morgan fingerprint density at radius 2 is 2.21 bits per heavy atom. The summed E-state index contributed by atoms with van der Waals surface area (Å²) in [5.74, 6) is 0. The van der Waals surface area contributed by atoms with Crippen molar-refractivity contribution in [2.75, 3.05) is 32.1 Å². The summed E-state index contributed by atoms with van der Waals surface area (Å²) in [5.41, 5.74) is 0. The van der Waals surface area contributed by atoms with Crippen LogP contribution in [0.25, 0.3) is 0 Å². The van der Waals surface area contributed by atoms with E-state index in [1.807, 2.05) is 17.5 Å². The third kappa shape index (κ3) is 4.44. The van der Waals surface area contributed by atoms with Gasteiger partial charge in [-0.05, 0) is 40.8 Å². The highest BCUT2D eigenvalue weighted by Gasteiger charge is 2.21. The Kier molecular flexibility index (Phi) is 5.19. The van der Waals surface area contributed by atoms with E-state index in [2.05, 4.69) is 48.0 Å². The van der Waals surface area contributed by atoms with Crippen LogP contribution in [-0.2, 0) is 6.54 Å². The molecule has 1 aromatic rings. The second kappa shape index (κ2) is 6.68. The standard InChI is InChI=1S/C14H26N4S/c1-5-18(11(2)10-17(3)4)14-16-9-13(19-14)8-15-12-6-7-12/h9,11-12,15H,5-8,10H2,1-4H3. The van der Waals surface area contributed by atoms with Crippen LogP contribution in [0.15, 0.2) is 6.20 Å².